The number of benzene rings is 2. The minimum absolute atomic E-state index is 0.784. The van der Waals surface area contributed by atoms with Crippen molar-refractivity contribution in [1.29, 1.82) is 0 Å². The van der Waals surface area contributed by atoms with E-state index >= 15 is 0 Å². The van der Waals surface area contributed by atoms with E-state index in [1.54, 1.807) is 11.1 Å². The van der Waals surface area contributed by atoms with Crippen molar-refractivity contribution in [2.75, 3.05) is 0 Å². The monoisotopic (exact) mass is 741 g/mol. The number of fused-ring (bicyclic) bond motifs is 1. The van der Waals surface area contributed by atoms with E-state index in [9.17, 15) is 0 Å². The molecule has 7 heteroatoms. The Balaban J connectivity index is 2.62. The van der Waals surface area contributed by atoms with Crippen LogP contribution in [0.15, 0.2) is 41.3 Å². The van der Waals surface area contributed by atoms with E-state index in [1.807, 2.05) is 15.5 Å². The van der Waals surface area contributed by atoms with Crippen molar-refractivity contribution in [3.63, 3.8) is 0 Å². The first kappa shape index (κ1) is 37.5. The molecule has 1 heterocycles. The van der Waals surface area contributed by atoms with Gasteiger partial charge in [-0.05, 0) is 0 Å². The summed E-state index contributed by atoms with van der Waals surface area (Å²) < 4.78 is 1.95. The van der Waals surface area contributed by atoms with Crippen LogP contribution >= 0.6 is 0 Å². The van der Waals surface area contributed by atoms with Gasteiger partial charge in [0.05, 0.1) is 0 Å². The first-order chi connectivity index (χ1) is 19.1. The molecule has 3 rings (SSSR count). The van der Waals surface area contributed by atoms with Gasteiger partial charge in [-0.3, -0.25) is 0 Å². The Bertz CT molecular complexity index is 1230. The fourth-order valence-corrected chi connectivity index (χ4v) is 55.1. The average Bonchev–Trinajstić information content (AvgIpc) is 2.72. The molecule has 0 bridgehead atoms. The van der Waals surface area contributed by atoms with Crippen molar-refractivity contribution in [2.24, 2.45) is 0 Å². The van der Waals surface area contributed by atoms with Crippen LogP contribution in [0.3, 0.4) is 0 Å². The molecule has 0 saturated heterocycles. The summed E-state index contributed by atoms with van der Waals surface area (Å²) in [6.45, 7) is 48.4. The average molecular weight is 741 g/mol. The fraction of sp³-hybridized carbons (Fsp3) is 0.611. The van der Waals surface area contributed by atoms with Crippen LogP contribution in [0.2, 0.25) is 118 Å². The summed E-state index contributed by atoms with van der Waals surface area (Å²) in [4.78, 5) is 2.79. The van der Waals surface area contributed by atoms with Crippen LogP contribution in [0.5, 0.6) is 0 Å². The van der Waals surface area contributed by atoms with Gasteiger partial charge >= 0.3 is 281 Å². The molecule has 0 aliphatic carbocycles. The number of hydrogen-bond donors (Lipinski definition) is 0. The van der Waals surface area contributed by atoms with Crippen LogP contribution in [0.4, 0.5) is 0 Å². The van der Waals surface area contributed by atoms with Crippen molar-refractivity contribution in [1.82, 2.24) is 0 Å². The second-order valence-electron chi connectivity index (χ2n) is 20.3. The molecule has 0 nitrogen and oxygen atoms in total. The molecule has 2 aromatic rings. The molecule has 0 atom stereocenters. The van der Waals surface area contributed by atoms with E-state index in [4.69, 9.17) is 0 Å². The molecule has 0 aromatic heterocycles. The van der Waals surface area contributed by atoms with Crippen molar-refractivity contribution in [3.05, 3.63) is 69.1 Å². The molecule has 239 valence electrons. The Morgan fingerprint density at radius 3 is 1.26 bits per heavy atom. The molecular formula is C36H67GeSi6. The predicted molar refractivity (Wildman–Crippen MR) is 219 cm³/mol. The standard InChI is InChI=1S/C36H67GeSi6/c1-38(2,3)34(39(4,5)6)30-25-31(35(40(7,8)9)41(10,11)12)33(32(26-30)36(42(13,14)15)43(16,17)18)37-24-23-28-21-19-20-22-29(28)27-37/h19-26,34-36H,27H2,1-18H3. The van der Waals surface area contributed by atoms with Crippen LogP contribution in [0, 0.1) is 0 Å². The van der Waals surface area contributed by atoms with E-state index in [-0.39, 0.29) is 0 Å². The molecule has 0 saturated carbocycles. The van der Waals surface area contributed by atoms with Gasteiger partial charge in [-0.25, -0.2) is 0 Å². The van der Waals surface area contributed by atoms with Gasteiger partial charge in [0.25, 0.3) is 0 Å². The molecule has 1 radical (unpaired) electrons. The van der Waals surface area contributed by atoms with Crippen LogP contribution in [0.25, 0.3) is 6.08 Å². The molecule has 0 unspecified atom stereocenters. The van der Waals surface area contributed by atoms with E-state index in [0.717, 1.165) is 15.5 Å². The summed E-state index contributed by atoms with van der Waals surface area (Å²) in [5.74, 6) is 0. The number of rotatable bonds is 10. The Labute approximate surface area is 279 Å². The van der Waals surface area contributed by atoms with E-state index in [2.05, 4.69) is 165 Å². The normalized spacial score (nSPS) is 16.0. The minimum atomic E-state index is -1.78. The number of hydrogen-bond acceptors (Lipinski definition) is 0. The SMILES string of the molecule is C[Si](C)(C)C(c1cc(C([Si](C)(C)C)[Si](C)(C)C)[c]([Ge]2[CH]=Cc3ccccc3[CH2]2)c(C([Si](C)(C)C)[Si](C)(C)C)c1)[Si](C)(C)C. The molecule has 43 heavy (non-hydrogen) atoms. The molecular weight excluding hydrogens is 674 g/mol. The van der Waals surface area contributed by atoms with E-state index in [1.165, 1.54) is 10.8 Å². The predicted octanol–water partition coefficient (Wildman–Crippen LogP) is 11.3. The van der Waals surface area contributed by atoms with Crippen LogP contribution < -0.4 is 4.40 Å². The van der Waals surface area contributed by atoms with Gasteiger partial charge < -0.3 is 0 Å². The Hall–Kier alpha value is 0.0242. The molecule has 2 aromatic carbocycles. The zero-order valence-electron chi connectivity index (χ0n) is 31.6. The molecule has 0 fully saturated rings. The van der Waals surface area contributed by atoms with Gasteiger partial charge in [-0.2, -0.15) is 0 Å². The summed E-state index contributed by atoms with van der Waals surface area (Å²) in [6.07, 6.45) is 2.54. The third-order valence-electron chi connectivity index (χ3n) is 9.59. The maximum atomic E-state index is 2.92. The summed E-state index contributed by atoms with van der Waals surface area (Å²) in [7, 11) is -8.99. The van der Waals surface area contributed by atoms with Crippen LogP contribution in [-0.4, -0.2) is 62.8 Å². The quantitative estimate of drug-likeness (QED) is 0.213. The Kier molecular flexibility index (Phi) is 11.0. The molecule has 1 aliphatic heterocycles. The first-order valence-electron chi connectivity index (χ1n) is 16.9. The molecule has 0 amide bonds. The van der Waals surface area contributed by atoms with Crippen LogP contribution in [0.1, 0.15) is 43.3 Å². The van der Waals surface area contributed by atoms with Gasteiger partial charge in [0.15, 0.2) is 0 Å². The van der Waals surface area contributed by atoms with Gasteiger partial charge in [-0.1, -0.05) is 0 Å². The second-order valence-corrected chi connectivity index (χ2v) is 58.6. The van der Waals surface area contributed by atoms with Gasteiger partial charge in [-0.15, -0.1) is 0 Å². The van der Waals surface area contributed by atoms with Crippen molar-refractivity contribution >= 4 is 73.3 Å². The van der Waals surface area contributed by atoms with E-state index in [0.29, 0.717) is 0 Å². The first-order valence-corrected chi connectivity index (χ1v) is 42.2. The van der Waals surface area contributed by atoms with Gasteiger partial charge in [0.1, 0.15) is 0 Å². The summed E-state index contributed by atoms with van der Waals surface area (Å²) in [5, 5.41) is 3.66. The zero-order valence-corrected chi connectivity index (χ0v) is 39.7. The fourth-order valence-electron chi connectivity index (χ4n) is 9.95. The van der Waals surface area contributed by atoms with Crippen molar-refractivity contribution in [2.45, 2.75) is 139 Å². The second kappa shape index (κ2) is 12.6. The van der Waals surface area contributed by atoms with Crippen LogP contribution in [-0.2, 0) is 5.25 Å². The van der Waals surface area contributed by atoms with E-state index < -0.39 is 62.8 Å². The Morgan fingerprint density at radius 1 is 0.512 bits per heavy atom. The molecule has 1 aliphatic rings. The summed E-state index contributed by atoms with van der Waals surface area (Å²) in [5.41, 5.74) is 8.61. The van der Waals surface area contributed by atoms with Gasteiger partial charge in [0, 0.05) is 0 Å². The maximum absolute atomic E-state index is 2.92. The Morgan fingerprint density at radius 2 is 0.884 bits per heavy atom. The third kappa shape index (κ3) is 8.69. The van der Waals surface area contributed by atoms with Crippen molar-refractivity contribution in [3.8, 4) is 0 Å². The molecule has 0 spiro atoms. The van der Waals surface area contributed by atoms with Gasteiger partial charge in [0.2, 0.25) is 0 Å². The third-order valence-corrected chi connectivity index (χ3v) is 42.8. The topological polar surface area (TPSA) is 0 Å². The zero-order chi connectivity index (χ0) is 33.1. The summed E-state index contributed by atoms with van der Waals surface area (Å²) >= 11 is -1.78. The molecule has 0 N–H and O–H groups in total. The summed E-state index contributed by atoms with van der Waals surface area (Å²) in [6, 6.07) is 15.1. The van der Waals surface area contributed by atoms with Crippen molar-refractivity contribution < 1.29 is 0 Å².